The molecule has 33 heavy (non-hydrogen) atoms. The summed E-state index contributed by atoms with van der Waals surface area (Å²) in [4.78, 5) is 24.7. The van der Waals surface area contributed by atoms with Crippen molar-refractivity contribution >= 4 is 52.5 Å². The van der Waals surface area contributed by atoms with E-state index in [1.165, 1.54) is 11.8 Å². The molecule has 0 aliphatic carbocycles. The molecule has 8 nitrogen and oxygen atoms in total. The molecule has 2 amide bonds. The Morgan fingerprint density at radius 2 is 1.85 bits per heavy atom. The molecule has 2 N–H and O–H groups in total. The second-order valence-electron chi connectivity index (χ2n) is 7.15. The van der Waals surface area contributed by atoms with Crippen molar-refractivity contribution < 1.29 is 14.3 Å². The minimum Gasteiger partial charge on any atom is -0.497 e. The van der Waals surface area contributed by atoms with E-state index in [1.54, 1.807) is 36.9 Å². The average molecular weight is 508 g/mol. The van der Waals surface area contributed by atoms with E-state index in [9.17, 15) is 9.59 Å². The Kier molecular flexibility index (Phi) is 8.60. The fourth-order valence-corrected chi connectivity index (χ4v) is 4.10. The van der Waals surface area contributed by atoms with Crippen molar-refractivity contribution in [3.05, 3.63) is 63.9 Å². The van der Waals surface area contributed by atoms with Gasteiger partial charge in [-0.25, -0.2) is 0 Å². The molecule has 1 atom stereocenters. The van der Waals surface area contributed by atoms with Gasteiger partial charge < -0.3 is 19.9 Å². The number of benzene rings is 2. The zero-order valence-electron chi connectivity index (χ0n) is 18.3. The number of nitrogens with zero attached hydrogens (tertiary/aromatic N) is 3. The molecule has 174 valence electrons. The normalized spacial score (nSPS) is 11.7. The SMILES string of the molecule is COc1ccc(CC(=O)NC(C)c2nnc(SCC(=O)Nc3cccc(Cl)c3Cl)n2C)cc1. The van der Waals surface area contributed by atoms with Gasteiger partial charge in [0.2, 0.25) is 11.8 Å². The summed E-state index contributed by atoms with van der Waals surface area (Å²) in [6.45, 7) is 1.83. The van der Waals surface area contributed by atoms with Gasteiger partial charge in [-0.15, -0.1) is 10.2 Å². The summed E-state index contributed by atoms with van der Waals surface area (Å²) in [7, 11) is 3.38. The number of rotatable bonds is 9. The molecule has 0 radical (unpaired) electrons. The molecule has 1 heterocycles. The number of hydrogen-bond donors (Lipinski definition) is 2. The number of carbonyl (C=O) groups excluding carboxylic acids is 2. The van der Waals surface area contributed by atoms with Gasteiger partial charge in [0.1, 0.15) is 5.75 Å². The third-order valence-corrected chi connectivity index (χ3v) is 6.55. The van der Waals surface area contributed by atoms with Gasteiger partial charge >= 0.3 is 0 Å². The lowest BCUT2D eigenvalue weighted by molar-refractivity contribution is -0.121. The molecule has 0 fully saturated rings. The van der Waals surface area contributed by atoms with Gasteiger partial charge in [0.25, 0.3) is 0 Å². The largest absolute Gasteiger partial charge is 0.497 e. The van der Waals surface area contributed by atoms with Crippen molar-refractivity contribution in [3.8, 4) is 5.75 Å². The van der Waals surface area contributed by atoms with E-state index in [0.717, 1.165) is 11.3 Å². The second kappa shape index (κ2) is 11.4. The summed E-state index contributed by atoms with van der Waals surface area (Å²) in [5.41, 5.74) is 1.32. The number of halogens is 2. The number of carbonyl (C=O) groups is 2. The smallest absolute Gasteiger partial charge is 0.234 e. The molecule has 0 aliphatic rings. The van der Waals surface area contributed by atoms with E-state index < -0.39 is 0 Å². The van der Waals surface area contributed by atoms with E-state index in [2.05, 4.69) is 20.8 Å². The molecule has 3 rings (SSSR count). The predicted molar refractivity (Wildman–Crippen MR) is 130 cm³/mol. The molecule has 1 aromatic heterocycles. The Bertz CT molecular complexity index is 1140. The molecule has 2 aromatic carbocycles. The van der Waals surface area contributed by atoms with Crippen LogP contribution in [0.2, 0.25) is 10.0 Å². The summed E-state index contributed by atoms with van der Waals surface area (Å²) < 4.78 is 6.88. The first-order valence-electron chi connectivity index (χ1n) is 9.96. The van der Waals surface area contributed by atoms with Gasteiger partial charge in [-0.2, -0.15) is 0 Å². The molecule has 1 unspecified atom stereocenters. The van der Waals surface area contributed by atoms with Gasteiger partial charge in [-0.1, -0.05) is 53.2 Å². The van der Waals surface area contributed by atoms with Crippen molar-refractivity contribution in [1.82, 2.24) is 20.1 Å². The van der Waals surface area contributed by atoms with E-state index in [1.807, 2.05) is 31.2 Å². The summed E-state index contributed by atoms with van der Waals surface area (Å²) in [6, 6.07) is 12.0. The molecule has 0 aliphatic heterocycles. The van der Waals surface area contributed by atoms with Crippen LogP contribution >= 0.6 is 35.0 Å². The maximum Gasteiger partial charge on any atom is 0.234 e. The first kappa shape index (κ1) is 24.9. The molecule has 0 saturated heterocycles. The van der Waals surface area contributed by atoms with Crippen LogP contribution in [0.15, 0.2) is 47.6 Å². The van der Waals surface area contributed by atoms with E-state index in [4.69, 9.17) is 27.9 Å². The summed E-state index contributed by atoms with van der Waals surface area (Å²) in [6.07, 6.45) is 0.236. The zero-order valence-corrected chi connectivity index (χ0v) is 20.6. The van der Waals surface area contributed by atoms with E-state index >= 15 is 0 Å². The first-order valence-corrected chi connectivity index (χ1v) is 11.7. The maximum absolute atomic E-state index is 12.4. The van der Waals surface area contributed by atoms with Crippen molar-refractivity contribution in [1.29, 1.82) is 0 Å². The van der Waals surface area contributed by atoms with Crippen LogP contribution < -0.4 is 15.4 Å². The van der Waals surface area contributed by atoms with Gasteiger partial charge in [0.05, 0.1) is 41.1 Å². The molecular formula is C22H23Cl2N5O3S. The number of anilines is 1. The Labute approximate surface area is 206 Å². The van der Waals surface area contributed by atoms with Crippen LogP contribution in [0.3, 0.4) is 0 Å². The highest BCUT2D eigenvalue weighted by Crippen LogP contribution is 2.29. The monoisotopic (exact) mass is 507 g/mol. The minimum atomic E-state index is -0.360. The van der Waals surface area contributed by atoms with Crippen LogP contribution in [-0.4, -0.2) is 39.4 Å². The number of aromatic nitrogens is 3. The van der Waals surface area contributed by atoms with Gasteiger partial charge in [-0.05, 0) is 36.8 Å². The zero-order chi connectivity index (χ0) is 24.0. The Morgan fingerprint density at radius 1 is 1.12 bits per heavy atom. The quantitative estimate of drug-likeness (QED) is 0.419. The van der Waals surface area contributed by atoms with Crippen LogP contribution in [0, 0.1) is 0 Å². The fraction of sp³-hybridized carbons (Fsp3) is 0.273. The van der Waals surface area contributed by atoms with Gasteiger partial charge in [0.15, 0.2) is 11.0 Å². The maximum atomic E-state index is 12.4. The molecule has 0 spiro atoms. The Balaban J connectivity index is 1.54. The number of amides is 2. The molecular weight excluding hydrogens is 485 g/mol. The van der Waals surface area contributed by atoms with Gasteiger partial charge in [0, 0.05) is 7.05 Å². The van der Waals surface area contributed by atoms with Crippen molar-refractivity contribution in [2.24, 2.45) is 7.05 Å². The molecule has 3 aromatic rings. The topological polar surface area (TPSA) is 98.1 Å². The standard InChI is InChI=1S/C22H23Cl2N5O3S/c1-13(25-18(30)11-14-7-9-15(32-3)10-8-14)21-27-28-22(29(21)2)33-12-19(31)26-17-6-4-5-16(23)20(17)24/h4-10,13H,11-12H2,1-3H3,(H,25,30)(H,26,31). The van der Waals surface area contributed by atoms with E-state index in [0.29, 0.717) is 21.7 Å². The highest BCUT2D eigenvalue weighted by atomic mass is 35.5. The molecule has 11 heteroatoms. The van der Waals surface area contributed by atoms with Gasteiger partial charge in [-0.3, -0.25) is 9.59 Å². The number of hydrogen-bond acceptors (Lipinski definition) is 6. The van der Waals surface area contributed by atoms with Crippen LogP contribution in [0.5, 0.6) is 5.75 Å². The number of methoxy groups -OCH3 is 1. The summed E-state index contributed by atoms with van der Waals surface area (Å²) in [5.74, 6) is 1.03. The highest BCUT2D eigenvalue weighted by Gasteiger charge is 2.19. The Morgan fingerprint density at radius 3 is 2.55 bits per heavy atom. The van der Waals surface area contributed by atoms with Crippen molar-refractivity contribution in [2.75, 3.05) is 18.2 Å². The van der Waals surface area contributed by atoms with Crippen molar-refractivity contribution in [3.63, 3.8) is 0 Å². The third-order valence-electron chi connectivity index (χ3n) is 4.72. The fourth-order valence-electron chi connectivity index (χ4n) is 3.03. The Hall–Kier alpha value is -2.75. The lowest BCUT2D eigenvalue weighted by Crippen LogP contribution is -2.29. The van der Waals surface area contributed by atoms with Crippen molar-refractivity contribution in [2.45, 2.75) is 24.5 Å². The highest BCUT2D eigenvalue weighted by molar-refractivity contribution is 7.99. The van der Waals surface area contributed by atoms with Crippen LogP contribution in [0.25, 0.3) is 0 Å². The first-order chi connectivity index (χ1) is 15.8. The summed E-state index contributed by atoms with van der Waals surface area (Å²) >= 11 is 13.3. The average Bonchev–Trinajstić information content (AvgIpc) is 3.16. The lowest BCUT2D eigenvalue weighted by atomic mass is 10.1. The van der Waals surface area contributed by atoms with Crippen LogP contribution in [-0.2, 0) is 23.1 Å². The minimum absolute atomic E-state index is 0.104. The second-order valence-corrected chi connectivity index (χ2v) is 8.88. The lowest BCUT2D eigenvalue weighted by Gasteiger charge is -2.14. The molecule has 0 saturated carbocycles. The predicted octanol–water partition coefficient (Wildman–Crippen LogP) is 4.28. The summed E-state index contributed by atoms with van der Waals surface area (Å²) in [5, 5.41) is 15.2. The number of ether oxygens (including phenoxy) is 1. The van der Waals surface area contributed by atoms with Crippen LogP contribution in [0.4, 0.5) is 5.69 Å². The third kappa shape index (κ3) is 6.63. The number of nitrogens with one attached hydrogen (secondary N) is 2. The van der Waals surface area contributed by atoms with E-state index in [-0.39, 0.29) is 35.1 Å². The molecule has 0 bridgehead atoms. The van der Waals surface area contributed by atoms with Crippen LogP contribution in [0.1, 0.15) is 24.4 Å². The number of thioether (sulfide) groups is 1.